The van der Waals surface area contributed by atoms with Crippen LogP contribution in [0.3, 0.4) is 0 Å². The predicted molar refractivity (Wildman–Crippen MR) is 95.2 cm³/mol. The normalized spacial score (nSPS) is 20.9. The van der Waals surface area contributed by atoms with Gasteiger partial charge in [-0.25, -0.2) is 4.79 Å². The molecular formula is C19H24N2O3. The number of ether oxygens (including phenoxy) is 1. The lowest BCUT2D eigenvalue weighted by Crippen LogP contribution is -2.27. The molecule has 0 aliphatic heterocycles. The molecule has 1 aromatic carbocycles. The second-order valence-electron chi connectivity index (χ2n) is 6.57. The molecule has 0 amide bonds. The first-order chi connectivity index (χ1) is 11.5. The van der Waals surface area contributed by atoms with Gasteiger partial charge in [0.1, 0.15) is 5.56 Å². The van der Waals surface area contributed by atoms with Gasteiger partial charge in [-0.05, 0) is 37.8 Å². The molecule has 5 heteroatoms. The lowest BCUT2D eigenvalue weighted by Gasteiger charge is -2.32. The first-order valence-corrected chi connectivity index (χ1v) is 8.65. The highest BCUT2D eigenvalue weighted by Crippen LogP contribution is 2.35. The van der Waals surface area contributed by atoms with Crippen LogP contribution in [0.2, 0.25) is 0 Å². The predicted octanol–water partition coefficient (Wildman–Crippen LogP) is 3.51. The summed E-state index contributed by atoms with van der Waals surface area (Å²) in [5, 5.41) is 0.417. The van der Waals surface area contributed by atoms with Crippen molar-refractivity contribution in [3.63, 3.8) is 0 Å². The van der Waals surface area contributed by atoms with Crippen LogP contribution in [0.15, 0.2) is 29.2 Å². The Labute approximate surface area is 141 Å². The Morgan fingerprint density at radius 1 is 1.33 bits per heavy atom. The third-order valence-corrected chi connectivity index (χ3v) is 5.01. The molecule has 3 rings (SSSR count). The van der Waals surface area contributed by atoms with Crippen LogP contribution in [0.1, 0.15) is 55.9 Å². The fourth-order valence-corrected chi connectivity index (χ4v) is 3.76. The van der Waals surface area contributed by atoms with Crippen molar-refractivity contribution in [2.75, 3.05) is 12.3 Å². The Kier molecular flexibility index (Phi) is 4.60. The van der Waals surface area contributed by atoms with E-state index in [1.54, 1.807) is 19.2 Å². The first kappa shape index (κ1) is 16.6. The van der Waals surface area contributed by atoms with Gasteiger partial charge in [0.2, 0.25) is 5.43 Å². The van der Waals surface area contributed by atoms with E-state index in [0.717, 1.165) is 24.8 Å². The highest BCUT2D eigenvalue weighted by atomic mass is 16.5. The summed E-state index contributed by atoms with van der Waals surface area (Å²) in [7, 11) is 0. The number of pyridine rings is 1. The van der Waals surface area contributed by atoms with Gasteiger partial charge in [0.05, 0.1) is 17.5 Å². The summed E-state index contributed by atoms with van der Waals surface area (Å²) in [6.45, 7) is 4.19. The second kappa shape index (κ2) is 6.67. The minimum atomic E-state index is -0.579. The molecular weight excluding hydrogens is 304 g/mol. The van der Waals surface area contributed by atoms with E-state index in [0.29, 0.717) is 17.0 Å². The Morgan fingerprint density at radius 2 is 2.08 bits per heavy atom. The van der Waals surface area contributed by atoms with Gasteiger partial charge in [0.15, 0.2) is 0 Å². The minimum absolute atomic E-state index is 0.0695. The molecule has 128 valence electrons. The molecule has 1 heterocycles. The van der Waals surface area contributed by atoms with Gasteiger partial charge in [0, 0.05) is 17.9 Å². The maximum Gasteiger partial charge on any atom is 0.343 e. The maximum atomic E-state index is 12.8. The zero-order valence-corrected chi connectivity index (χ0v) is 14.2. The van der Waals surface area contributed by atoms with Crippen LogP contribution in [-0.2, 0) is 4.74 Å². The second-order valence-corrected chi connectivity index (χ2v) is 6.57. The molecule has 1 saturated carbocycles. The quantitative estimate of drug-likeness (QED) is 0.691. The number of rotatable bonds is 3. The number of hydrogen-bond acceptors (Lipinski definition) is 4. The average molecular weight is 328 g/mol. The van der Waals surface area contributed by atoms with Crippen LogP contribution < -0.4 is 11.2 Å². The maximum absolute atomic E-state index is 12.8. The number of nitrogens with two attached hydrogens (primary N) is 1. The molecule has 1 aromatic heterocycles. The summed E-state index contributed by atoms with van der Waals surface area (Å²) in [4.78, 5) is 25.0. The third kappa shape index (κ3) is 2.79. The van der Waals surface area contributed by atoms with E-state index in [2.05, 4.69) is 11.5 Å². The van der Waals surface area contributed by atoms with Crippen LogP contribution in [0.5, 0.6) is 0 Å². The van der Waals surface area contributed by atoms with Crippen molar-refractivity contribution >= 4 is 22.6 Å². The molecule has 24 heavy (non-hydrogen) atoms. The highest BCUT2D eigenvalue weighted by molar-refractivity contribution is 5.97. The largest absolute Gasteiger partial charge is 0.462 e. The lowest BCUT2D eigenvalue weighted by atomic mass is 9.85. The standard InChI is InChI=1S/C19H24N2O3/c1-3-24-19(23)13-11-21(15-9-5-4-7-12(15)2)16-10-6-8-14(20)17(16)18(13)22/h6,8,10-12,15H,3-5,7,9,20H2,1-2H3. The van der Waals surface area contributed by atoms with Gasteiger partial charge in [0.25, 0.3) is 0 Å². The van der Waals surface area contributed by atoms with Crippen LogP contribution in [0, 0.1) is 5.92 Å². The molecule has 2 N–H and O–H groups in total. The van der Waals surface area contributed by atoms with E-state index >= 15 is 0 Å². The monoisotopic (exact) mass is 328 g/mol. The molecule has 1 aliphatic carbocycles. The van der Waals surface area contributed by atoms with Gasteiger partial charge < -0.3 is 15.0 Å². The van der Waals surface area contributed by atoms with Gasteiger partial charge >= 0.3 is 5.97 Å². The van der Waals surface area contributed by atoms with E-state index in [9.17, 15) is 9.59 Å². The van der Waals surface area contributed by atoms with Gasteiger partial charge in [-0.2, -0.15) is 0 Å². The number of fused-ring (bicyclic) bond motifs is 1. The molecule has 2 atom stereocenters. The van der Waals surface area contributed by atoms with E-state index in [4.69, 9.17) is 10.5 Å². The van der Waals surface area contributed by atoms with E-state index in [-0.39, 0.29) is 23.6 Å². The summed E-state index contributed by atoms with van der Waals surface area (Å²) < 4.78 is 7.15. The van der Waals surface area contributed by atoms with Crippen LogP contribution in [0.25, 0.3) is 10.9 Å². The fourth-order valence-electron chi connectivity index (χ4n) is 3.76. The van der Waals surface area contributed by atoms with Crippen molar-refractivity contribution in [2.45, 2.75) is 45.6 Å². The molecule has 2 aromatic rings. The van der Waals surface area contributed by atoms with Crippen LogP contribution in [-0.4, -0.2) is 17.1 Å². The number of hydrogen-bond donors (Lipinski definition) is 1. The number of esters is 1. The number of carbonyl (C=O) groups is 1. The summed E-state index contributed by atoms with van der Waals surface area (Å²) in [6, 6.07) is 5.72. The first-order valence-electron chi connectivity index (χ1n) is 8.65. The molecule has 0 saturated heterocycles. The molecule has 0 spiro atoms. The van der Waals surface area contributed by atoms with Crippen molar-refractivity contribution in [2.24, 2.45) is 5.92 Å². The third-order valence-electron chi connectivity index (χ3n) is 5.01. The smallest absolute Gasteiger partial charge is 0.343 e. The number of aromatic nitrogens is 1. The summed E-state index contributed by atoms with van der Waals surface area (Å²) in [5.74, 6) is -0.0919. The van der Waals surface area contributed by atoms with Crippen molar-refractivity contribution < 1.29 is 9.53 Å². The van der Waals surface area contributed by atoms with Crippen molar-refractivity contribution in [1.82, 2.24) is 4.57 Å². The minimum Gasteiger partial charge on any atom is -0.462 e. The zero-order chi connectivity index (χ0) is 17.3. The highest BCUT2D eigenvalue weighted by Gasteiger charge is 2.26. The average Bonchev–Trinajstić information content (AvgIpc) is 2.56. The van der Waals surface area contributed by atoms with Crippen LogP contribution >= 0.6 is 0 Å². The number of nitrogen functional groups attached to an aromatic ring is 1. The fraction of sp³-hybridized carbons (Fsp3) is 0.474. The number of nitrogens with zero attached hydrogens (tertiary/aromatic N) is 1. The lowest BCUT2D eigenvalue weighted by molar-refractivity contribution is 0.0523. The van der Waals surface area contributed by atoms with Gasteiger partial charge in [-0.15, -0.1) is 0 Å². The summed E-state index contributed by atoms with van der Waals surface area (Å²) in [5.41, 5.74) is 6.99. The SMILES string of the molecule is CCOC(=O)c1cn(C2CCCCC2C)c2cccc(N)c2c1=O. The zero-order valence-electron chi connectivity index (χ0n) is 14.2. The molecule has 1 fully saturated rings. The molecule has 2 unspecified atom stereocenters. The van der Waals surface area contributed by atoms with E-state index in [1.807, 2.05) is 12.1 Å². The van der Waals surface area contributed by atoms with Crippen molar-refractivity contribution in [3.05, 3.63) is 40.2 Å². The molecule has 1 aliphatic rings. The number of benzene rings is 1. The Morgan fingerprint density at radius 3 is 2.79 bits per heavy atom. The Hall–Kier alpha value is -2.30. The Balaban J connectivity index is 2.27. The topological polar surface area (TPSA) is 74.3 Å². The van der Waals surface area contributed by atoms with Crippen LogP contribution in [0.4, 0.5) is 5.69 Å². The van der Waals surface area contributed by atoms with Gasteiger partial charge in [-0.1, -0.05) is 25.8 Å². The Bertz CT molecular complexity index is 825. The molecule has 0 bridgehead atoms. The van der Waals surface area contributed by atoms with Gasteiger partial charge in [-0.3, -0.25) is 4.79 Å². The van der Waals surface area contributed by atoms with E-state index in [1.165, 1.54) is 6.42 Å². The van der Waals surface area contributed by atoms with Crippen molar-refractivity contribution in [1.29, 1.82) is 0 Å². The number of anilines is 1. The summed E-state index contributed by atoms with van der Waals surface area (Å²) >= 11 is 0. The van der Waals surface area contributed by atoms with E-state index < -0.39 is 5.97 Å². The molecule has 5 nitrogen and oxygen atoms in total. The summed E-state index contributed by atoms with van der Waals surface area (Å²) in [6.07, 6.45) is 6.24. The number of carbonyl (C=O) groups excluding carboxylic acids is 1. The molecule has 0 radical (unpaired) electrons. The van der Waals surface area contributed by atoms with Crippen molar-refractivity contribution in [3.8, 4) is 0 Å².